The number of benzene rings is 2. The van der Waals surface area contributed by atoms with Crippen LogP contribution in [0.15, 0.2) is 58.5 Å². The van der Waals surface area contributed by atoms with Gasteiger partial charge in [0.2, 0.25) is 0 Å². The second kappa shape index (κ2) is 8.01. The van der Waals surface area contributed by atoms with Crippen molar-refractivity contribution >= 4 is 27.9 Å². The highest BCUT2D eigenvalue weighted by Crippen LogP contribution is 2.30. The molecule has 0 bridgehead atoms. The summed E-state index contributed by atoms with van der Waals surface area (Å²) in [5.41, 5.74) is 7.74. The fourth-order valence-electron chi connectivity index (χ4n) is 3.31. The summed E-state index contributed by atoms with van der Waals surface area (Å²) in [5.74, 6) is 0.376. The third-order valence-electron chi connectivity index (χ3n) is 4.95. The standard InChI is InChI=1S/C23H23N3O2/c1-4-26(5-2)19-9-8-16-12-18(7-6-17(16)13-19)22-11-10-21(28-22)15(3)20(14-24)23(25)27/h6-13H,4-5H2,1-3H3,(H2,25,27). The van der Waals surface area contributed by atoms with Gasteiger partial charge in [-0.2, -0.15) is 5.26 Å². The molecule has 1 amide bonds. The predicted octanol–water partition coefficient (Wildman–Crippen LogP) is 4.73. The van der Waals surface area contributed by atoms with E-state index in [2.05, 4.69) is 49.1 Å². The number of nitriles is 1. The van der Waals surface area contributed by atoms with Crippen LogP contribution in [0.3, 0.4) is 0 Å². The second-order valence-corrected chi connectivity index (χ2v) is 6.56. The summed E-state index contributed by atoms with van der Waals surface area (Å²) in [7, 11) is 0. The fourth-order valence-corrected chi connectivity index (χ4v) is 3.31. The van der Waals surface area contributed by atoms with Gasteiger partial charge >= 0.3 is 0 Å². The quantitative estimate of drug-likeness (QED) is 0.500. The SMILES string of the molecule is CCN(CC)c1ccc2cc(-c3ccc(C(C)=C(C#N)C(N)=O)o3)ccc2c1. The first kappa shape index (κ1) is 19.2. The molecule has 0 saturated heterocycles. The summed E-state index contributed by atoms with van der Waals surface area (Å²) < 4.78 is 5.89. The van der Waals surface area contributed by atoms with E-state index in [1.165, 1.54) is 5.69 Å². The van der Waals surface area contributed by atoms with Gasteiger partial charge in [-0.25, -0.2) is 0 Å². The molecule has 0 spiro atoms. The summed E-state index contributed by atoms with van der Waals surface area (Å²) in [6.45, 7) is 7.90. The minimum Gasteiger partial charge on any atom is -0.456 e. The van der Waals surface area contributed by atoms with Crippen molar-refractivity contribution in [3.8, 4) is 17.4 Å². The number of hydrogen-bond acceptors (Lipinski definition) is 4. The van der Waals surface area contributed by atoms with Gasteiger partial charge in [-0.3, -0.25) is 4.79 Å². The van der Waals surface area contributed by atoms with Gasteiger partial charge in [0.05, 0.1) is 0 Å². The lowest BCUT2D eigenvalue weighted by molar-refractivity contribution is -0.114. The molecule has 0 radical (unpaired) electrons. The van der Waals surface area contributed by atoms with Crippen LogP contribution >= 0.6 is 0 Å². The number of rotatable bonds is 6. The van der Waals surface area contributed by atoms with Gasteiger partial charge in [-0.1, -0.05) is 18.2 Å². The Morgan fingerprint density at radius 3 is 2.39 bits per heavy atom. The molecule has 5 nitrogen and oxygen atoms in total. The van der Waals surface area contributed by atoms with E-state index in [4.69, 9.17) is 15.4 Å². The van der Waals surface area contributed by atoms with Crippen LogP contribution in [0.5, 0.6) is 0 Å². The van der Waals surface area contributed by atoms with Crippen LogP contribution in [-0.2, 0) is 4.79 Å². The summed E-state index contributed by atoms with van der Waals surface area (Å²) in [4.78, 5) is 13.7. The largest absolute Gasteiger partial charge is 0.456 e. The molecule has 2 aromatic carbocycles. The number of hydrogen-bond donors (Lipinski definition) is 1. The average molecular weight is 373 g/mol. The third kappa shape index (κ3) is 3.63. The molecule has 28 heavy (non-hydrogen) atoms. The maximum Gasteiger partial charge on any atom is 0.259 e. The first-order chi connectivity index (χ1) is 13.5. The Morgan fingerprint density at radius 1 is 1.07 bits per heavy atom. The molecular weight excluding hydrogens is 350 g/mol. The lowest BCUT2D eigenvalue weighted by atomic mass is 10.0. The van der Waals surface area contributed by atoms with E-state index in [0.29, 0.717) is 17.1 Å². The highest BCUT2D eigenvalue weighted by Gasteiger charge is 2.14. The second-order valence-electron chi connectivity index (χ2n) is 6.56. The zero-order chi connectivity index (χ0) is 20.3. The molecule has 3 aromatic rings. The van der Waals surface area contributed by atoms with Crippen molar-refractivity contribution in [1.82, 2.24) is 0 Å². The van der Waals surface area contributed by atoms with Crippen LogP contribution in [0, 0.1) is 11.3 Å². The molecule has 1 aromatic heterocycles. The van der Waals surface area contributed by atoms with E-state index < -0.39 is 5.91 Å². The minimum atomic E-state index is -0.757. The topological polar surface area (TPSA) is 83.3 Å². The Labute approximate surface area is 164 Å². The molecule has 0 aliphatic rings. The van der Waals surface area contributed by atoms with Crippen molar-refractivity contribution in [1.29, 1.82) is 5.26 Å². The summed E-state index contributed by atoms with van der Waals surface area (Å²) >= 11 is 0. The van der Waals surface area contributed by atoms with Crippen LogP contribution in [0.1, 0.15) is 26.5 Å². The van der Waals surface area contributed by atoms with Gasteiger partial charge in [0.15, 0.2) is 0 Å². The molecule has 0 aliphatic carbocycles. The molecule has 2 N–H and O–H groups in total. The van der Waals surface area contributed by atoms with Crippen molar-refractivity contribution < 1.29 is 9.21 Å². The Balaban J connectivity index is 1.97. The number of carbonyl (C=O) groups excluding carboxylic acids is 1. The summed E-state index contributed by atoms with van der Waals surface area (Å²) in [5, 5.41) is 11.4. The van der Waals surface area contributed by atoms with Crippen LogP contribution in [0.4, 0.5) is 5.69 Å². The number of nitrogens with zero attached hydrogens (tertiary/aromatic N) is 2. The monoisotopic (exact) mass is 373 g/mol. The number of amides is 1. The normalized spacial score (nSPS) is 11.8. The first-order valence-electron chi connectivity index (χ1n) is 9.28. The van der Waals surface area contributed by atoms with Gasteiger partial charge in [-0.05, 0) is 61.9 Å². The summed E-state index contributed by atoms with van der Waals surface area (Å²) in [6.07, 6.45) is 0. The highest BCUT2D eigenvalue weighted by atomic mass is 16.3. The molecule has 142 valence electrons. The summed E-state index contributed by atoms with van der Waals surface area (Å²) in [6, 6.07) is 18.0. The van der Waals surface area contributed by atoms with Crippen molar-refractivity contribution in [2.75, 3.05) is 18.0 Å². The van der Waals surface area contributed by atoms with Gasteiger partial charge in [0, 0.05) is 29.9 Å². The Hall–Kier alpha value is -3.52. The molecule has 0 fully saturated rings. The van der Waals surface area contributed by atoms with E-state index in [1.807, 2.05) is 18.2 Å². The number of fused-ring (bicyclic) bond motifs is 1. The molecule has 1 heterocycles. The van der Waals surface area contributed by atoms with Gasteiger partial charge in [-0.15, -0.1) is 0 Å². The number of nitrogens with two attached hydrogens (primary N) is 1. The lowest BCUT2D eigenvalue weighted by Crippen LogP contribution is -2.21. The smallest absolute Gasteiger partial charge is 0.259 e. The zero-order valence-electron chi connectivity index (χ0n) is 16.3. The van der Waals surface area contributed by atoms with Gasteiger partial charge < -0.3 is 15.1 Å². The molecule has 5 heteroatoms. The van der Waals surface area contributed by atoms with E-state index >= 15 is 0 Å². The molecule has 0 atom stereocenters. The average Bonchev–Trinajstić information content (AvgIpc) is 3.19. The lowest BCUT2D eigenvalue weighted by Gasteiger charge is -2.21. The van der Waals surface area contributed by atoms with Gasteiger partial charge in [0.25, 0.3) is 5.91 Å². The maximum atomic E-state index is 11.4. The van der Waals surface area contributed by atoms with E-state index in [9.17, 15) is 4.79 Å². The molecule has 0 aliphatic heterocycles. The van der Waals surface area contributed by atoms with E-state index in [-0.39, 0.29) is 5.57 Å². The van der Waals surface area contributed by atoms with E-state index in [0.717, 1.165) is 29.4 Å². The van der Waals surface area contributed by atoms with E-state index in [1.54, 1.807) is 13.0 Å². The fraction of sp³-hybridized carbons (Fsp3) is 0.217. The zero-order valence-corrected chi connectivity index (χ0v) is 16.3. The number of primary amides is 1. The van der Waals surface area contributed by atoms with Crippen LogP contribution < -0.4 is 10.6 Å². The highest BCUT2D eigenvalue weighted by molar-refractivity contribution is 6.03. The molecule has 0 saturated carbocycles. The van der Waals surface area contributed by atoms with Crippen LogP contribution in [0.25, 0.3) is 27.7 Å². The van der Waals surface area contributed by atoms with Crippen molar-refractivity contribution in [3.05, 3.63) is 59.9 Å². The number of carbonyl (C=O) groups is 1. The molecular formula is C23H23N3O2. The van der Waals surface area contributed by atoms with Gasteiger partial charge in [0.1, 0.15) is 23.2 Å². The van der Waals surface area contributed by atoms with Crippen molar-refractivity contribution in [2.45, 2.75) is 20.8 Å². The molecule has 0 unspecified atom stereocenters. The first-order valence-corrected chi connectivity index (χ1v) is 9.28. The number of furan rings is 1. The Bertz CT molecular complexity index is 1100. The predicted molar refractivity (Wildman–Crippen MR) is 113 cm³/mol. The van der Waals surface area contributed by atoms with Crippen molar-refractivity contribution in [2.24, 2.45) is 5.73 Å². The Morgan fingerprint density at radius 2 is 1.75 bits per heavy atom. The van der Waals surface area contributed by atoms with Crippen LogP contribution in [-0.4, -0.2) is 19.0 Å². The minimum absolute atomic E-state index is 0.0941. The third-order valence-corrected chi connectivity index (χ3v) is 4.95. The van der Waals surface area contributed by atoms with Crippen molar-refractivity contribution in [3.63, 3.8) is 0 Å². The number of anilines is 1. The Kier molecular flexibility index (Phi) is 5.51. The molecule has 3 rings (SSSR count). The van der Waals surface area contributed by atoms with Crippen LogP contribution in [0.2, 0.25) is 0 Å². The number of allylic oxidation sites excluding steroid dienone is 1. The maximum absolute atomic E-state index is 11.4.